The maximum atomic E-state index is 14.6. The summed E-state index contributed by atoms with van der Waals surface area (Å²) in [5, 5.41) is 15.6. The molecule has 0 radical (unpaired) electrons. The van der Waals surface area contributed by atoms with E-state index < -0.39 is 29.7 Å². The highest BCUT2D eigenvalue weighted by Crippen LogP contribution is 2.27. The summed E-state index contributed by atoms with van der Waals surface area (Å²) in [5.74, 6) is 1.86. The van der Waals surface area contributed by atoms with E-state index >= 15 is 0 Å². The van der Waals surface area contributed by atoms with Crippen molar-refractivity contribution in [3.8, 4) is 18.1 Å². The maximum absolute atomic E-state index is 14.6. The van der Waals surface area contributed by atoms with Gasteiger partial charge in [-0.2, -0.15) is 0 Å². The third kappa shape index (κ3) is 10.7. The fourth-order valence-corrected chi connectivity index (χ4v) is 4.94. The van der Waals surface area contributed by atoms with E-state index in [1.807, 2.05) is 31.2 Å². The summed E-state index contributed by atoms with van der Waals surface area (Å²) in [4.78, 5) is 43.4. The van der Waals surface area contributed by atoms with Crippen molar-refractivity contribution in [2.24, 2.45) is 0 Å². The first-order valence-electron chi connectivity index (χ1n) is 15.4. The number of terminal acetylenes is 1. The van der Waals surface area contributed by atoms with Gasteiger partial charge in [-0.25, -0.2) is 4.79 Å². The lowest BCUT2D eigenvalue weighted by atomic mass is 9.98. The Labute approximate surface area is 267 Å². The highest BCUT2D eigenvalue weighted by Gasteiger charge is 2.36. The molecule has 0 heterocycles. The summed E-state index contributed by atoms with van der Waals surface area (Å²) in [6, 6.07) is 18.8. The standard InChI is InChI=1S/C37H45N3O5/c1-7-9-10-13-24-40(35(43)32(39-36(44)45-37(4,5)6)25-28-18-22-30(41)23-19-28)33(29-20-16-27(8-2)17-21-29)34(42)38-31-15-12-11-14-26(31)3/h2,11-12,14-23,32-33,41H,7,9-10,13,24-25H2,1,3-6H3,(H,38,42)(H,39,44). The molecule has 0 fully saturated rings. The van der Waals surface area contributed by atoms with Crippen molar-refractivity contribution in [1.82, 2.24) is 10.2 Å². The second-order valence-electron chi connectivity index (χ2n) is 12.1. The molecule has 0 saturated heterocycles. The fraction of sp³-hybridized carbons (Fsp3) is 0.378. The number of alkyl carbamates (subject to hydrolysis) is 1. The number of para-hydroxylation sites is 1. The van der Waals surface area contributed by atoms with Crippen molar-refractivity contribution in [1.29, 1.82) is 0 Å². The molecule has 238 valence electrons. The second-order valence-corrected chi connectivity index (χ2v) is 12.1. The van der Waals surface area contributed by atoms with Crippen LogP contribution in [0.1, 0.15) is 81.7 Å². The van der Waals surface area contributed by atoms with Gasteiger partial charge in [0.25, 0.3) is 5.91 Å². The van der Waals surface area contributed by atoms with Gasteiger partial charge in [0.15, 0.2) is 0 Å². The number of aryl methyl sites for hydroxylation is 1. The number of hydrogen-bond donors (Lipinski definition) is 3. The molecule has 0 aliphatic heterocycles. The topological polar surface area (TPSA) is 108 Å². The van der Waals surface area contributed by atoms with Gasteiger partial charge in [0.05, 0.1) is 0 Å². The summed E-state index contributed by atoms with van der Waals surface area (Å²) < 4.78 is 5.52. The molecular formula is C37H45N3O5. The number of phenolic OH excluding ortho intramolecular Hbond substituents is 1. The molecule has 2 atom stereocenters. The van der Waals surface area contributed by atoms with Crippen molar-refractivity contribution in [3.05, 3.63) is 95.1 Å². The van der Waals surface area contributed by atoms with Gasteiger partial charge in [0, 0.05) is 24.2 Å². The lowest BCUT2D eigenvalue weighted by molar-refractivity contribution is -0.140. The Morgan fingerprint density at radius 1 is 0.956 bits per heavy atom. The number of ether oxygens (including phenoxy) is 1. The normalized spacial score (nSPS) is 12.4. The number of carbonyl (C=O) groups excluding carboxylic acids is 3. The van der Waals surface area contributed by atoms with Gasteiger partial charge in [-0.15, -0.1) is 6.42 Å². The first kappa shape index (κ1) is 34.7. The number of nitrogens with one attached hydrogen (secondary N) is 2. The van der Waals surface area contributed by atoms with Crippen LogP contribution in [0.4, 0.5) is 10.5 Å². The third-order valence-corrected chi connectivity index (χ3v) is 7.26. The van der Waals surface area contributed by atoms with E-state index in [0.29, 0.717) is 28.8 Å². The van der Waals surface area contributed by atoms with E-state index in [1.54, 1.807) is 62.1 Å². The van der Waals surface area contributed by atoms with Gasteiger partial charge < -0.3 is 25.4 Å². The van der Waals surface area contributed by atoms with E-state index in [0.717, 1.165) is 24.8 Å². The smallest absolute Gasteiger partial charge is 0.408 e. The van der Waals surface area contributed by atoms with E-state index in [1.165, 1.54) is 12.1 Å². The number of carbonyl (C=O) groups is 3. The van der Waals surface area contributed by atoms with Crippen molar-refractivity contribution >= 4 is 23.6 Å². The highest BCUT2D eigenvalue weighted by molar-refractivity contribution is 5.99. The third-order valence-electron chi connectivity index (χ3n) is 7.26. The zero-order chi connectivity index (χ0) is 33.0. The predicted octanol–water partition coefficient (Wildman–Crippen LogP) is 6.91. The van der Waals surface area contributed by atoms with Crippen LogP contribution in [0.25, 0.3) is 0 Å². The lowest BCUT2D eigenvalue weighted by Crippen LogP contribution is -2.53. The fourth-order valence-electron chi connectivity index (χ4n) is 4.94. The quantitative estimate of drug-likeness (QED) is 0.144. The highest BCUT2D eigenvalue weighted by atomic mass is 16.6. The first-order chi connectivity index (χ1) is 21.4. The summed E-state index contributed by atoms with van der Waals surface area (Å²) in [5.41, 5.74) is 2.68. The van der Waals surface area contributed by atoms with Crippen LogP contribution >= 0.6 is 0 Å². The minimum atomic E-state index is -1.06. The molecule has 0 spiro atoms. The van der Waals surface area contributed by atoms with Gasteiger partial charge in [-0.3, -0.25) is 9.59 Å². The van der Waals surface area contributed by atoms with Crippen molar-refractivity contribution < 1.29 is 24.2 Å². The van der Waals surface area contributed by atoms with Gasteiger partial charge in [-0.05, 0) is 81.1 Å². The van der Waals surface area contributed by atoms with Crippen LogP contribution in [0.15, 0.2) is 72.8 Å². The van der Waals surface area contributed by atoms with Crippen LogP contribution in [0.5, 0.6) is 5.75 Å². The Balaban J connectivity index is 2.09. The molecule has 0 aliphatic carbocycles. The van der Waals surface area contributed by atoms with Gasteiger partial charge in [0.2, 0.25) is 5.91 Å². The summed E-state index contributed by atoms with van der Waals surface area (Å²) >= 11 is 0. The monoisotopic (exact) mass is 611 g/mol. The number of phenols is 1. The van der Waals surface area contributed by atoms with Crippen molar-refractivity contribution in [2.45, 2.75) is 84.4 Å². The number of aromatic hydroxyl groups is 1. The van der Waals surface area contributed by atoms with Crippen LogP contribution in [0.2, 0.25) is 0 Å². The predicted molar refractivity (Wildman–Crippen MR) is 178 cm³/mol. The van der Waals surface area contributed by atoms with Gasteiger partial charge in [-0.1, -0.05) is 74.6 Å². The molecule has 3 aromatic rings. The molecule has 0 aliphatic rings. The molecule has 2 unspecified atom stereocenters. The van der Waals surface area contributed by atoms with E-state index in [9.17, 15) is 19.5 Å². The zero-order valence-corrected chi connectivity index (χ0v) is 26.9. The Kier molecular flexibility index (Phi) is 12.6. The molecular weight excluding hydrogens is 566 g/mol. The van der Waals surface area contributed by atoms with E-state index in [2.05, 4.69) is 23.5 Å². The molecule has 0 aromatic heterocycles. The zero-order valence-electron chi connectivity index (χ0n) is 26.9. The van der Waals surface area contributed by atoms with Crippen LogP contribution in [0.3, 0.4) is 0 Å². The summed E-state index contributed by atoms with van der Waals surface area (Å²) in [6.07, 6.45) is 8.49. The van der Waals surface area contributed by atoms with Crippen LogP contribution in [-0.4, -0.2) is 46.1 Å². The molecule has 8 heteroatoms. The number of hydrogen-bond acceptors (Lipinski definition) is 5. The average Bonchev–Trinajstić information content (AvgIpc) is 2.99. The largest absolute Gasteiger partial charge is 0.508 e. The summed E-state index contributed by atoms with van der Waals surface area (Å²) in [6.45, 7) is 9.52. The molecule has 3 aromatic carbocycles. The molecule has 3 N–H and O–H groups in total. The average molecular weight is 612 g/mol. The maximum Gasteiger partial charge on any atom is 0.408 e. The minimum absolute atomic E-state index is 0.0858. The number of benzene rings is 3. The summed E-state index contributed by atoms with van der Waals surface area (Å²) in [7, 11) is 0. The Morgan fingerprint density at radius 2 is 1.62 bits per heavy atom. The van der Waals surface area contributed by atoms with E-state index in [-0.39, 0.29) is 24.6 Å². The SMILES string of the molecule is C#Cc1ccc(C(C(=O)Nc2ccccc2C)N(CCCCCC)C(=O)C(Cc2ccc(O)cc2)NC(=O)OC(C)(C)C)cc1. The van der Waals surface area contributed by atoms with Crippen LogP contribution in [0, 0.1) is 19.3 Å². The number of anilines is 1. The molecule has 3 rings (SSSR count). The number of nitrogens with zero attached hydrogens (tertiary/aromatic N) is 1. The molecule has 8 nitrogen and oxygen atoms in total. The van der Waals surface area contributed by atoms with Gasteiger partial charge >= 0.3 is 6.09 Å². The Morgan fingerprint density at radius 3 is 2.22 bits per heavy atom. The van der Waals surface area contributed by atoms with Crippen molar-refractivity contribution in [2.75, 3.05) is 11.9 Å². The lowest BCUT2D eigenvalue weighted by Gasteiger charge is -2.35. The first-order valence-corrected chi connectivity index (χ1v) is 15.4. The molecule has 0 saturated carbocycles. The minimum Gasteiger partial charge on any atom is -0.508 e. The molecule has 0 bridgehead atoms. The second kappa shape index (κ2) is 16.3. The Hall–Kier alpha value is -4.77. The number of unbranched alkanes of at least 4 members (excludes halogenated alkanes) is 3. The molecule has 3 amide bonds. The number of rotatable bonds is 13. The molecule has 45 heavy (non-hydrogen) atoms. The van der Waals surface area contributed by atoms with E-state index in [4.69, 9.17) is 11.2 Å². The Bertz CT molecular complexity index is 1470. The van der Waals surface area contributed by atoms with Gasteiger partial charge in [0.1, 0.15) is 23.4 Å². The van der Waals surface area contributed by atoms with Crippen LogP contribution in [-0.2, 0) is 20.7 Å². The van der Waals surface area contributed by atoms with Crippen LogP contribution < -0.4 is 10.6 Å². The number of amides is 3. The van der Waals surface area contributed by atoms with Crippen molar-refractivity contribution in [3.63, 3.8) is 0 Å².